The second-order valence-corrected chi connectivity index (χ2v) is 24.6. The average Bonchev–Trinajstić information content (AvgIpc) is 1.56. The van der Waals surface area contributed by atoms with Gasteiger partial charge < -0.3 is 9.80 Å². The minimum absolute atomic E-state index is 0.476. The maximum atomic E-state index is 2.43. The van der Waals surface area contributed by atoms with Gasteiger partial charge in [0, 0.05) is 33.5 Å². The summed E-state index contributed by atoms with van der Waals surface area (Å²) in [6.45, 7) is 0. The number of hydrogen-bond acceptors (Lipinski definition) is 2. The zero-order chi connectivity index (χ0) is 60.7. The van der Waals surface area contributed by atoms with Crippen LogP contribution in [0, 0.1) is 0 Å². The molecule has 92 heavy (non-hydrogen) atoms. The molecular weight excluding hydrogens is 1110 g/mol. The Morgan fingerprint density at radius 3 is 0.848 bits per heavy atom. The molecule has 0 heterocycles. The standard InChI is InChI=1S/C90H60N2/c1-5-25-67(26-6-1)89(81-39-17-13-35-75(81)76-36-14-18-40-82(76)89)69-29-21-23-65(59-69)61-43-51-73(52-44-61)91(71-31-9-3-10-32-71)85-57-49-63-48-56-80-86(58-50-64-47-55-79(85)87(63)88(64)80)92(72-33-11-4-12-34-72)74-53-45-62(46-54-74)66-24-22-30-70(60-66)90(68-27-7-2-8-28-68)83-41-19-15-37-77(83)78-38-16-20-42-84(78)90/h1-60H. The summed E-state index contributed by atoms with van der Waals surface area (Å²) in [7, 11) is 0. The van der Waals surface area contributed by atoms with Crippen LogP contribution in [0.3, 0.4) is 0 Å². The third-order valence-electron chi connectivity index (χ3n) is 20.0. The van der Waals surface area contributed by atoms with Gasteiger partial charge in [-0.15, -0.1) is 0 Å². The second-order valence-electron chi connectivity index (χ2n) is 24.6. The molecule has 430 valence electrons. The highest BCUT2D eigenvalue weighted by Crippen LogP contribution is 2.59. The summed E-state index contributed by atoms with van der Waals surface area (Å²) in [6.07, 6.45) is 0. The number of nitrogens with zero attached hydrogens (tertiary/aromatic N) is 2. The molecule has 0 bridgehead atoms. The summed E-state index contributed by atoms with van der Waals surface area (Å²) < 4.78 is 0. The zero-order valence-corrected chi connectivity index (χ0v) is 50.5. The van der Waals surface area contributed by atoms with Crippen molar-refractivity contribution in [2.45, 2.75) is 10.8 Å². The van der Waals surface area contributed by atoms with Gasteiger partial charge in [-0.1, -0.05) is 291 Å². The highest BCUT2D eigenvalue weighted by atomic mass is 15.1. The highest BCUT2D eigenvalue weighted by Gasteiger charge is 2.47. The van der Waals surface area contributed by atoms with Gasteiger partial charge in [-0.2, -0.15) is 0 Å². The monoisotopic (exact) mass is 1170 g/mol. The Morgan fingerprint density at radius 2 is 0.489 bits per heavy atom. The Morgan fingerprint density at radius 1 is 0.196 bits per heavy atom. The summed E-state index contributed by atoms with van der Waals surface area (Å²) in [6, 6.07) is 135. The summed E-state index contributed by atoms with van der Waals surface area (Å²) in [5.74, 6) is 0. The molecule has 16 aromatic rings. The van der Waals surface area contributed by atoms with E-state index >= 15 is 0 Å². The molecule has 0 amide bonds. The van der Waals surface area contributed by atoms with Gasteiger partial charge >= 0.3 is 0 Å². The molecule has 0 N–H and O–H groups in total. The van der Waals surface area contributed by atoms with Crippen molar-refractivity contribution in [1.29, 1.82) is 0 Å². The molecule has 0 fully saturated rings. The van der Waals surface area contributed by atoms with Gasteiger partial charge in [0.05, 0.1) is 22.2 Å². The Bertz CT molecular complexity index is 5010. The summed E-state index contributed by atoms with van der Waals surface area (Å²) in [5, 5.41) is 7.30. The van der Waals surface area contributed by atoms with Crippen LogP contribution in [0.5, 0.6) is 0 Å². The van der Waals surface area contributed by atoms with Crippen molar-refractivity contribution in [3.8, 4) is 44.5 Å². The van der Waals surface area contributed by atoms with Crippen LogP contribution in [0.1, 0.15) is 44.5 Å². The molecule has 2 aliphatic rings. The maximum Gasteiger partial charge on any atom is 0.0713 e. The molecule has 0 spiro atoms. The van der Waals surface area contributed by atoms with Crippen molar-refractivity contribution in [2.75, 3.05) is 9.80 Å². The van der Waals surface area contributed by atoms with Crippen LogP contribution >= 0.6 is 0 Å². The SMILES string of the molecule is c1ccc(N(c2ccc(-c3cccc(C4(c5ccccc5)c5ccccc5-c5ccccc54)c3)cc2)c2ccc3ccc4c(N(c5ccccc5)c5ccc(-c6cccc(C7(c8ccccc8)c8ccccc8-c8ccccc87)c6)cc5)ccc5ccc2c3c54)cc1. The Labute approximate surface area is 536 Å². The van der Waals surface area contributed by atoms with Gasteiger partial charge in [-0.05, 0) is 183 Å². The molecule has 0 saturated heterocycles. The lowest BCUT2D eigenvalue weighted by Gasteiger charge is -2.34. The van der Waals surface area contributed by atoms with Crippen LogP contribution < -0.4 is 9.80 Å². The first-order chi connectivity index (χ1) is 45.6. The van der Waals surface area contributed by atoms with Gasteiger partial charge in [0.2, 0.25) is 0 Å². The van der Waals surface area contributed by atoms with Crippen LogP contribution in [0.15, 0.2) is 364 Å². The van der Waals surface area contributed by atoms with Gasteiger partial charge in [0.25, 0.3) is 0 Å². The molecule has 2 heteroatoms. The van der Waals surface area contributed by atoms with Crippen molar-refractivity contribution in [2.24, 2.45) is 0 Å². The maximum absolute atomic E-state index is 2.43. The van der Waals surface area contributed by atoms with E-state index in [1.807, 2.05) is 0 Å². The average molecular weight is 1170 g/mol. The fourth-order valence-corrected chi connectivity index (χ4v) is 16.1. The van der Waals surface area contributed by atoms with Gasteiger partial charge in [0.15, 0.2) is 0 Å². The summed E-state index contributed by atoms with van der Waals surface area (Å²) in [4.78, 5) is 4.87. The van der Waals surface area contributed by atoms with E-state index < -0.39 is 10.8 Å². The van der Waals surface area contributed by atoms with Crippen molar-refractivity contribution < 1.29 is 0 Å². The van der Waals surface area contributed by atoms with Gasteiger partial charge in [-0.3, -0.25) is 0 Å². The first-order valence-corrected chi connectivity index (χ1v) is 32.0. The van der Waals surface area contributed by atoms with E-state index in [1.165, 1.54) is 110 Å². The lowest BCUT2D eigenvalue weighted by Crippen LogP contribution is -2.28. The van der Waals surface area contributed by atoms with Crippen molar-refractivity contribution in [3.63, 3.8) is 0 Å². The first-order valence-electron chi connectivity index (χ1n) is 32.0. The van der Waals surface area contributed by atoms with Gasteiger partial charge in [-0.25, -0.2) is 0 Å². The van der Waals surface area contributed by atoms with E-state index in [0.29, 0.717) is 0 Å². The smallest absolute Gasteiger partial charge is 0.0713 e. The first kappa shape index (κ1) is 53.2. The van der Waals surface area contributed by atoms with Crippen molar-refractivity contribution in [1.82, 2.24) is 0 Å². The van der Waals surface area contributed by atoms with Crippen LogP contribution in [0.2, 0.25) is 0 Å². The summed E-state index contributed by atoms with van der Waals surface area (Å²) in [5.41, 5.74) is 25.8. The predicted octanol–water partition coefficient (Wildman–Crippen LogP) is 23.6. The number of anilines is 6. The highest BCUT2D eigenvalue weighted by molar-refractivity contribution is 6.28. The number of rotatable bonds is 12. The van der Waals surface area contributed by atoms with Crippen molar-refractivity contribution in [3.05, 3.63) is 408 Å². The molecule has 0 aliphatic heterocycles. The fourth-order valence-electron chi connectivity index (χ4n) is 16.1. The molecule has 0 atom stereocenters. The van der Waals surface area contributed by atoms with E-state index in [1.54, 1.807) is 0 Å². The third-order valence-corrected chi connectivity index (χ3v) is 20.0. The molecule has 16 aromatic carbocycles. The normalized spacial score (nSPS) is 13.2. The number of hydrogen-bond donors (Lipinski definition) is 0. The van der Waals surface area contributed by atoms with Crippen molar-refractivity contribution >= 4 is 66.4 Å². The largest absolute Gasteiger partial charge is 0.310 e. The molecular formula is C90H60N2. The minimum atomic E-state index is -0.476. The Balaban J connectivity index is 0.726. The lowest BCUT2D eigenvalue weighted by atomic mass is 9.67. The Hall–Kier alpha value is -11.8. The van der Waals surface area contributed by atoms with Crippen LogP contribution in [-0.4, -0.2) is 0 Å². The van der Waals surface area contributed by atoms with E-state index in [2.05, 4.69) is 374 Å². The zero-order valence-electron chi connectivity index (χ0n) is 50.5. The molecule has 18 rings (SSSR count). The van der Waals surface area contributed by atoms with Crippen LogP contribution in [0.4, 0.5) is 34.1 Å². The molecule has 0 aromatic heterocycles. The third kappa shape index (κ3) is 8.07. The van der Waals surface area contributed by atoms with E-state index in [4.69, 9.17) is 0 Å². The topological polar surface area (TPSA) is 6.48 Å². The quantitative estimate of drug-likeness (QED) is 0.113. The van der Waals surface area contributed by atoms with E-state index in [0.717, 1.165) is 45.3 Å². The predicted molar refractivity (Wildman–Crippen MR) is 385 cm³/mol. The van der Waals surface area contributed by atoms with E-state index in [9.17, 15) is 0 Å². The lowest BCUT2D eigenvalue weighted by molar-refractivity contribution is 0.769. The van der Waals surface area contributed by atoms with Crippen LogP contribution in [0.25, 0.3) is 76.8 Å². The number of fused-ring (bicyclic) bond motifs is 6. The molecule has 0 radical (unpaired) electrons. The van der Waals surface area contributed by atoms with Gasteiger partial charge in [0.1, 0.15) is 0 Å². The van der Waals surface area contributed by atoms with E-state index in [-0.39, 0.29) is 0 Å². The molecule has 2 aliphatic carbocycles. The molecule has 2 nitrogen and oxygen atoms in total. The Kier molecular flexibility index (Phi) is 12.4. The number of para-hydroxylation sites is 2. The second kappa shape index (κ2) is 21.4. The van der Waals surface area contributed by atoms with Crippen LogP contribution in [-0.2, 0) is 10.8 Å². The molecule has 0 saturated carbocycles. The summed E-state index contributed by atoms with van der Waals surface area (Å²) >= 11 is 0. The minimum Gasteiger partial charge on any atom is -0.310 e. The number of benzene rings is 16. The molecule has 0 unspecified atom stereocenters. The fraction of sp³-hybridized carbons (Fsp3) is 0.0222.